The van der Waals surface area contributed by atoms with E-state index in [1.165, 1.54) is 30.5 Å². The first-order chi connectivity index (χ1) is 11.7. The number of hydrogen-bond donors (Lipinski definition) is 1. The van der Waals surface area contributed by atoms with E-state index in [9.17, 15) is 5.11 Å². The summed E-state index contributed by atoms with van der Waals surface area (Å²) in [4.78, 5) is 2.46. The molecule has 0 aromatic heterocycles. The lowest BCUT2D eigenvalue weighted by Gasteiger charge is -2.33. The third-order valence-corrected chi connectivity index (χ3v) is 6.10. The van der Waals surface area contributed by atoms with Gasteiger partial charge in [0.25, 0.3) is 0 Å². The highest BCUT2D eigenvalue weighted by Gasteiger charge is 2.37. The summed E-state index contributed by atoms with van der Waals surface area (Å²) in [5.74, 6) is 0. The first-order valence-corrected chi connectivity index (χ1v) is 9.28. The Labute approximate surface area is 161 Å². The van der Waals surface area contributed by atoms with Crippen molar-refractivity contribution >= 4 is 17.0 Å². The van der Waals surface area contributed by atoms with Crippen LogP contribution < -0.4 is 0 Å². The molecule has 1 fully saturated rings. The van der Waals surface area contributed by atoms with Crippen LogP contribution in [-0.4, -0.2) is 29.6 Å². The molecule has 0 bridgehead atoms. The molecule has 0 saturated carbocycles. The summed E-state index contributed by atoms with van der Waals surface area (Å²) in [6.07, 6.45) is 6.42. The second-order valence-electron chi connectivity index (χ2n) is 7.49. The van der Waals surface area contributed by atoms with Crippen molar-refractivity contribution in [2.75, 3.05) is 13.6 Å². The molecule has 1 saturated heterocycles. The van der Waals surface area contributed by atoms with Gasteiger partial charge in [0, 0.05) is 6.04 Å². The largest absolute Gasteiger partial charge is 0.380 e. The Morgan fingerprint density at radius 1 is 1.00 bits per heavy atom. The number of nitrogens with zero attached hydrogens (tertiary/aromatic N) is 1. The van der Waals surface area contributed by atoms with Gasteiger partial charge in [-0.3, -0.25) is 0 Å². The minimum Gasteiger partial charge on any atom is -0.380 e. The smallest absolute Gasteiger partial charge is 0.115 e. The zero-order valence-electron chi connectivity index (χ0n) is 14.9. The van der Waals surface area contributed by atoms with Crippen molar-refractivity contribution in [2.45, 2.75) is 50.2 Å². The molecule has 4 rings (SSSR count). The van der Waals surface area contributed by atoms with Crippen molar-refractivity contribution in [3.8, 4) is 0 Å². The molecule has 1 heterocycles. The fourth-order valence-electron chi connectivity index (χ4n) is 4.69. The molecule has 1 unspecified atom stereocenters. The van der Waals surface area contributed by atoms with Gasteiger partial charge in [0.05, 0.1) is 0 Å². The molecule has 134 valence electrons. The Morgan fingerprint density at radius 3 is 2.08 bits per heavy atom. The van der Waals surface area contributed by atoms with E-state index in [2.05, 4.69) is 60.5 Å². The van der Waals surface area contributed by atoms with E-state index in [1.54, 1.807) is 0 Å². The highest BCUT2D eigenvalue weighted by atomic mass is 79.9. The molecule has 0 amide bonds. The van der Waals surface area contributed by atoms with Crippen LogP contribution in [-0.2, 0) is 18.4 Å². The topological polar surface area (TPSA) is 23.5 Å². The standard InChI is InChI=1S/C22H27NO.BrH/c1-23-16-6-9-19(23)14-15-22(24)20-10-4-2-7-17(20)12-13-18-8-3-5-11-21(18)22;/h2-5,7-8,10-11,19,24H,6,9,12-16H2,1H3;1H. The number of fused-ring (bicyclic) bond motifs is 2. The van der Waals surface area contributed by atoms with E-state index >= 15 is 0 Å². The van der Waals surface area contributed by atoms with Crippen molar-refractivity contribution in [3.63, 3.8) is 0 Å². The molecule has 0 spiro atoms. The Bertz CT molecular complexity index is 682. The molecule has 3 heteroatoms. The predicted molar refractivity (Wildman–Crippen MR) is 108 cm³/mol. The normalized spacial score (nSPS) is 21.8. The molecule has 2 aromatic carbocycles. The number of rotatable bonds is 3. The van der Waals surface area contributed by atoms with Crippen LogP contribution in [0.5, 0.6) is 0 Å². The molecule has 0 radical (unpaired) electrons. The molecule has 2 aliphatic rings. The van der Waals surface area contributed by atoms with Crippen molar-refractivity contribution < 1.29 is 5.11 Å². The molecular formula is C22H28BrNO. The summed E-state index contributed by atoms with van der Waals surface area (Å²) >= 11 is 0. The maximum absolute atomic E-state index is 11.9. The molecule has 1 N–H and O–H groups in total. The Kier molecular flexibility index (Phi) is 5.67. The summed E-state index contributed by atoms with van der Waals surface area (Å²) in [6, 6.07) is 17.6. The summed E-state index contributed by atoms with van der Waals surface area (Å²) in [5.41, 5.74) is 3.99. The lowest BCUT2D eigenvalue weighted by molar-refractivity contribution is 0.0607. The van der Waals surface area contributed by atoms with Gasteiger partial charge in [-0.15, -0.1) is 17.0 Å². The molecule has 25 heavy (non-hydrogen) atoms. The molecule has 1 aliphatic heterocycles. The lowest BCUT2D eigenvalue weighted by Crippen LogP contribution is -2.32. The monoisotopic (exact) mass is 401 g/mol. The second-order valence-corrected chi connectivity index (χ2v) is 7.49. The van der Waals surface area contributed by atoms with Crippen LogP contribution in [0.15, 0.2) is 48.5 Å². The van der Waals surface area contributed by atoms with Crippen molar-refractivity contribution in [3.05, 3.63) is 70.8 Å². The minimum atomic E-state index is -0.854. The van der Waals surface area contributed by atoms with Crippen LogP contribution in [0, 0.1) is 0 Å². The average Bonchev–Trinajstić information content (AvgIpc) is 2.98. The summed E-state index contributed by atoms with van der Waals surface area (Å²) in [6.45, 7) is 1.19. The third kappa shape index (κ3) is 3.42. The van der Waals surface area contributed by atoms with E-state index in [0.29, 0.717) is 6.04 Å². The molecule has 1 atom stereocenters. The highest BCUT2D eigenvalue weighted by molar-refractivity contribution is 8.93. The average molecular weight is 402 g/mol. The van der Waals surface area contributed by atoms with Crippen LogP contribution in [0.2, 0.25) is 0 Å². The fourth-order valence-corrected chi connectivity index (χ4v) is 4.69. The summed E-state index contributed by atoms with van der Waals surface area (Å²) in [7, 11) is 2.22. The van der Waals surface area contributed by atoms with Crippen molar-refractivity contribution in [1.82, 2.24) is 4.90 Å². The van der Waals surface area contributed by atoms with Gasteiger partial charge in [-0.1, -0.05) is 48.5 Å². The predicted octanol–water partition coefficient (Wildman–Crippen LogP) is 4.47. The maximum Gasteiger partial charge on any atom is 0.115 e. The molecule has 2 nitrogen and oxygen atoms in total. The first kappa shape index (κ1) is 18.6. The van der Waals surface area contributed by atoms with Gasteiger partial charge in [-0.25, -0.2) is 0 Å². The van der Waals surface area contributed by atoms with Crippen LogP contribution in [0.25, 0.3) is 0 Å². The molecular weight excluding hydrogens is 374 g/mol. The van der Waals surface area contributed by atoms with Crippen molar-refractivity contribution in [2.24, 2.45) is 0 Å². The van der Waals surface area contributed by atoms with Gasteiger partial charge in [-0.2, -0.15) is 0 Å². The van der Waals surface area contributed by atoms with Gasteiger partial charge >= 0.3 is 0 Å². The van der Waals surface area contributed by atoms with Crippen molar-refractivity contribution in [1.29, 1.82) is 0 Å². The van der Waals surface area contributed by atoms with Gasteiger partial charge in [0.2, 0.25) is 0 Å². The van der Waals surface area contributed by atoms with Crippen LogP contribution in [0.3, 0.4) is 0 Å². The van der Waals surface area contributed by atoms with Gasteiger partial charge in [-0.05, 0) is 74.4 Å². The minimum absolute atomic E-state index is 0. The number of halogens is 1. The SMILES string of the molecule is Br.CN1CCCC1CCC1(O)c2ccccc2CCc2ccccc21. The first-order valence-electron chi connectivity index (χ1n) is 9.28. The number of likely N-dealkylation sites (tertiary alicyclic amines) is 1. The zero-order chi connectivity index (χ0) is 16.6. The lowest BCUT2D eigenvalue weighted by atomic mass is 9.79. The quantitative estimate of drug-likeness (QED) is 0.819. The maximum atomic E-state index is 11.9. The Morgan fingerprint density at radius 2 is 1.56 bits per heavy atom. The summed E-state index contributed by atoms with van der Waals surface area (Å²) in [5, 5.41) is 11.9. The van der Waals surface area contributed by atoms with Gasteiger partial charge < -0.3 is 10.0 Å². The zero-order valence-corrected chi connectivity index (χ0v) is 16.7. The number of aliphatic hydroxyl groups is 1. The highest BCUT2D eigenvalue weighted by Crippen LogP contribution is 2.41. The number of benzene rings is 2. The third-order valence-electron chi connectivity index (χ3n) is 6.10. The van der Waals surface area contributed by atoms with E-state index < -0.39 is 5.60 Å². The summed E-state index contributed by atoms with van der Waals surface area (Å²) < 4.78 is 0. The Hall–Kier alpha value is -1.16. The van der Waals surface area contributed by atoms with Crippen LogP contribution in [0.1, 0.15) is 47.9 Å². The number of aryl methyl sites for hydroxylation is 2. The van der Waals surface area contributed by atoms with E-state index in [-0.39, 0.29) is 17.0 Å². The molecule has 2 aromatic rings. The van der Waals surface area contributed by atoms with E-state index in [1.807, 2.05) is 0 Å². The van der Waals surface area contributed by atoms with E-state index in [4.69, 9.17) is 0 Å². The number of hydrogen-bond acceptors (Lipinski definition) is 2. The van der Waals surface area contributed by atoms with E-state index in [0.717, 1.165) is 36.8 Å². The Balaban J connectivity index is 0.00000182. The van der Waals surface area contributed by atoms with Gasteiger partial charge in [0.1, 0.15) is 5.60 Å². The van der Waals surface area contributed by atoms with Gasteiger partial charge in [0.15, 0.2) is 0 Å². The van der Waals surface area contributed by atoms with Crippen LogP contribution >= 0.6 is 17.0 Å². The van der Waals surface area contributed by atoms with Crippen LogP contribution in [0.4, 0.5) is 0 Å². The second kappa shape index (κ2) is 7.61. The molecule has 1 aliphatic carbocycles. The fraction of sp³-hybridized carbons (Fsp3) is 0.455.